The number of fused-ring (bicyclic) bond motifs is 1. The van der Waals surface area contributed by atoms with E-state index in [1.54, 1.807) is 18.5 Å². The molecule has 0 fully saturated rings. The molecule has 1 aliphatic heterocycles. The summed E-state index contributed by atoms with van der Waals surface area (Å²) in [5.41, 5.74) is 2.68. The Bertz CT molecular complexity index is 781. The molecule has 6 nitrogen and oxygen atoms in total. The lowest BCUT2D eigenvalue weighted by Crippen LogP contribution is -2.28. The van der Waals surface area contributed by atoms with Crippen LogP contribution in [-0.4, -0.2) is 20.1 Å². The maximum Gasteiger partial charge on any atom is 0.244 e. The van der Waals surface area contributed by atoms with Gasteiger partial charge in [-0.05, 0) is 12.1 Å². The molecule has 3 aromatic rings. The van der Waals surface area contributed by atoms with Gasteiger partial charge in [0.05, 0.1) is 23.8 Å². The molecule has 0 saturated heterocycles. The van der Waals surface area contributed by atoms with Crippen LogP contribution < -0.4 is 5.32 Å². The molecule has 0 aliphatic carbocycles. The number of imidazole rings is 1. The zero-order valence-corrected chi connectivity index (χ0v) is 11.0. The Morgan fingerprint density at radius 1 is 1.33 bits per heavy atom. The van der Waals surface area contributed by atoms with E-state index in [0.29, 0.717) is 30.2 Å². The highest BCUT2D eigenvalue weighted by atomic mass is 19.1. The predicted octanol–water partition coefficient (Wildman–Crippen LogP) is 1.99. The van der Waals surface area contributed by atoms with Gasteiger partial charge in [-0.25, -0.2) is 9.37 Å². The van der Waals surface area contributed by atoms with Gasteiger partial charge in [0.2, 0.25) is 11.7 Å². The number of nitrogens with one attached hydrogen (secondary N) is 2. The number of hydrogen-bond acceptors (Lipinski definition) is 5. The van der Waals surface area contributed by atoms with Crippen molar-refractivity contribution in [3.63, 3.8) is 0 Å². The van der Waals surface area contributed by atoms with Gasteiger partial charge in [0.25, 0.3) is 0 Å². The van der Waals surface area contributed by atoms with Gasteiger partial charge in [-0.2, -0.15) is 4.98 Å². The van der Waals surface area contributed by atoms with E-state index in [4.69, 9.17) is 4.52 Å². The van der Waals surface area contributed by atoms with Crippen molar-refractivity contribution in [1.82, 2.24) is 25.4 Å². The monoisotopic (exact) mass is 285 g/mol. The Hall–Kier alpha value is -2.54. The molecule has 0 spiro atoms. The molecule has 1 aliphatic rings. The van der Waals surface area contributed by atoms with Crippen molar-refractivity contribution in [3.05, 3.63) is 53.7 Å². The number of rotatable bonds is 2. The van der Waals surface area contributed by atoms with Gasteiger partial charge in [0.1, 0.15) is 5.82 Å². The second-order valence-corrected chi connectivity index (χ2v) is 4.93. The van der Waals surface area contributed by atoms with E-state index in [1.165, 1.54) is 12.1 Å². The van der Waals surface area contributed by atoms with Gasteiger partial charge in [-0.15, -0.1) is 0 Å². The third-order valence-electron chi connectivity index (χ3n) is 3.55. The first-order valence-electron chi connectivity index (χ1n) is 6.63. The lowest BCUT2D eigenvalue weighted by Gasteiger charge is -2.19. The average molecular weight is 285 g/mol. The summed E-state index contributed by atoms with van der Waals surface area (Å²) in [6.45, 7) is 0.678. The molecule has 7 heteroatoms. The average Bonchev–Trinajstić information content (AvgIpc) is 3.15. The maximum absolute atomic E-state index is 13.2. The third-order valence-corrected chi connectivity index (χ3v) is 3.55. The second-order valence-electron chi connectivity index (χ2n) is 4.93. The summed E-state index contributed by atoms with van der Waals surface area (Å²) >= 11 is 0. The van der Waals surface area contributed by atoms with Crippen LogP contribution in [0.4, 0.5) is 4.39 Å². The molecule has 2 N–H and O–H groups in total. The van der Waals surface area contributed by atoms with Gasteiger partial charge in [-0.3, -0.25) is 5.32 Å². The van der Waals surface area contributed by atoms with Crippen LogP contribution in [0.25, 0.3) is 11.4 Å². The van der Waals surface area contributed by atoms with Crippen LogP contribution in [-0.2, 0) is 13.0 Å². The molecular weight excluding hydrogens is 273 g/mol. The maximum atomic E-state index is 13.2. The summed E-state index contributed by atoms with van der Waals surface area (Å²) in [5, 5.41) is 7.24. The molecule has 21 heavy (non-hydrogen) atoms. The summed E-state index contributed by atoms with van der Waals surface area (Å²) in [5.74, 6) is 0.554. The van der Waals surface area contributed by atoms with E-state index in [9.17, 15) is 4.39 Å². The minimum Gasteiger partial charge on any atom is -0.347 e. The number of benzene rings is 1. The van der Waals surface area contributed by atoms with Crippen molar-refractivity contribution in [2.45, 2.75) is 19.0 Å². The van der Waals surface area contributed by atoms with Gasteiger partial charge in [-0.1, -0.05) is 17.3 Å². The second kappa shape index (κ2) is 4.78. The largest absolute Gasteiger partial charge is 0.347 e. The predicted molar refractivity (Wildman–Crippen MR) is 71.6 cm³/mol. The highest BCUT2D eigenvalue weighted by molar-refractivity contribution is 5.53. The van der Waals surface area contributed by atoms with E-state index < -0.39 is 0 Å². The van der Waals surface area contributed by atoms with Crippen LogP contribution in [0.1, 0.15) is 23.3 Å². The van der Waals surface area contributed by atoms with Crippen LogP contribution in [0.3, 0.4) is 0 Å². The zero-order chi connectivity index (χ0) is 14.2. The van der Waals surface area contributed by atoms with Crippen LogP contribution in [0.2, 0.25) is 0 Å². The van der Waals surface area contributed by atoms with Crippen LogP contribution in [0.5, 0.6) is 0 Å². The summed E-state index contributed by atoms with van der Waals surface area (Å²) in [6, 6.07) is 6.06. The van der Waals surface area contributed by atoms with Crippen molar-refractivity contribution in [1.29, 1.82) is 0 Å². The lowest BCUT2D eigenvalue weighted by molar-refractivity contribution is 0.319. The Balaban J connectivity index is 1.61. The summed E-state index contributed by atoms with van der Waals surface area (Å²) in [7, 11) is 0. The molecule has 1 unspecified atom stereocenters. The van der Waals surface area contributed by atoms with E-state index >= 15 is 0 Å². The number of H-pyrrole nitrogens is 1. The van der Waals surface area contributed by atoms with Crippen LogP contribution >= 0.6 is 0 Å². The first kappa shape index (κ1) is 12.2. The highest BCUT2D eigenvalue weighted by Gasteiger charge is 2.26. The normalized spacial score (nSPS) is 17.7. The molecule has 3 heterocycles. The van der Waals surface area contributed by atoms with Crippen molar-refractivity contribution in [3.8, 4) is 11.4 Å². The molecule has 4 rings (SSSR count). The minimum absolute atomic E-state index is 0.0735. The molecule has 0 saturated carbocycles. The molecule has 0 radical (unpaired) electrons. The number of hydrogen-bond donors (Lipinski definition) is 2. The summed E-state index contributed by atoms with van der Waals surface area (Å²) in [6.07, 6.45) is 2.37. The van der Waals surface area contributed by atoms with Crippen molar-refractivity contribution in [2.75, 3.05) is 0 Å². The van der Waals surface area contributed by atoms with E-state index in [0.717, 1.165) is 11.4 Å². The SMILES string of the molecule is Fc1cccc(-c2noc(C3Cc4nc[nH]c4CN3)n2)c1. The lowest BCUT2D eigenvalue weighted by atomic mass is 10.1. The van der Waals surface area contributed by atoms with Crippen LogP contribution in [0.15, 0.2) is 35.1 Å². The molecule has 0 amide bonds. The minimum atomic E-state index is -0.323. The topological polar surface area (TPSA) is 79.6 Å². The van der Waals surface area contributed by atoms with Crippen molar-refractivity contribution in [2.24, 2.45) is 0 Å². The molecule has 1 atom stereocenters. The number of halogens is 1. The number of nitrogens with zero attached hydrogens (tertiary/aromatic N) is 3. The Morgan fingerprint density at radius 2 is 2.29 bits per heavy atom. The number of aromatic amines is 1. The fourth-order valence-corrected chi connectivity index (χ4v) is 2.47. The third kappa shape index (κ3) is 2.21. The molecular formula is C14H12FN5O. The zero-order valence-electron chi connectivity index (χ0n) is 11.0. The first-order valence-corrected chi connectivity index (χ1v) is 6.63. The smallest absolute Gasteiger partial charge is 0.244 e. The fourth-order valence-electron chi connectivity index (χ4n) is 2.47. The highest BCUT2D eigenvalue weighted by Crippen LogP contribution is 2.25. The van der Waals surface area contributed by atoms with Crippen molar-refractivity contribution < 1.29 is 8.91 Å². The summed E-state index contributed by atoms with van der Waals surface area (Å²) < 4.78 is 18.5. The fraction of sp³-hybridized carbons (Fsp3) is 0.214. The molecule has 1 aromatic carbocycles. The Kier molecular flexibility index (Phi) is 2.78. The van der Waals surface area contributed by atoms with Gasteiger partial charge in [0, 0.05) is 18.5 Å². The summed E-state index contributed by atoms with van der Waals surface area (Å²) in [4.78, 5) is 11.7. The number of aromatic nitrogens is 4. The van der Waals surface area contributed by atoms with E-state index in [-0.39, 0.29) is 11.9 Å². The van der Waals surface area contributed by atoms with Gasteiger partial charge >= 0.3 is 0 Å². The van der Waals surface area contributed by atoms with Gasteiger partial charge in [0.15, 0.2) is 0 Å². The standard InChI is InChI=1S/C14H12FN5O/c15-9-3-1-2-8(4-9)13-19-14(21-20-13)11-5-10-12(6-16-11)18-7-17-10/h1-4,7,11,16H,5-6H2,(H,17,18). The first-order chi connectivity index (χ1) is 10.3. The Labute approximate surface area is 119 Å². The molecule has 106 valence electrons. The van der Waals surface area contributed by atoms with E-state index in [1.807, 2.05) is 0 Å². The molecule has 0 bridgehead atoms. The quantitative estimate of drug-likeness (QED) is 0.752. The van der Waals surface area contributed by atoms with E-state index in [2.05, 4.69) is 25.4 Å². The van der Waals surface area contributed by atoms with Crippen LogP contribution in [0, 0.1) is 5.82 Å². The van der Waals surface area contributed by atoms with Crippen molar-refractivity contribution >= 4 is 0 Å². The molecule has 2 aromatic heterocycles. The van der Waals surface area contributed by atoms with Gasteiger partial charge < -0.3 is 9.51 Å². The Morgan fingerprint density at radius 3 is 3.19 bits per heavy atom.